The van der Waals surface area contributed by atoms with Crippen LogP contribution in [0.3, 0.4) is 0 Å². The number of thioether (sulfide) groups is 2. The first-order chi connectivity index (χ1) is 16.7. The van der Waals surface area contributed by atoms with Gasteiger partial charge in [0, 0.05) is 23.0 Å². The van der Waals surface area contributed by atoms with Crippen molar-refractivity contribution in [3.8, 4) is 0 Å². The number of β-lactam (4-membered cyclic amide) rings is 1. The van der Waals surface area contributed by atoms with E-state index in [0.717, 1.165) is 34.1 Å². The quantitative estimate of drug-likeness (QED) is 0.0923. The number of carboxylic acid groups (broad SMARTS) is 1. The van der Waals surface area contributed by atoms with Gasteiger partial charge in [-0.05, 0) is 5.57 Å². The maximum absolute atomic E-state index is 12.9. The predicted octanol–water partition coefficient (Wildman–Crippen LogP) is -0.728. The van der Waals surface area contributed by atoms with E-state index < -0.39 is 34.8 Å². The summed E-state index contributed by atoms with van der Waals surface area (Å²) in [5, 5.41) is 17.4. The van der Waals surface area contributed by atoms with Gasteiger partial charge >= 0.3 is 5.97 Å². The van der Waals surface area contributed by atoms with Gasteiger partial charge in [0.15, 0.2) is 16.0 Å². The lowest BCUT2D eigenvalue weighted by molar-refractivity contribution is -0.150. The number of fused-ring (bicyclic) bond motifs is 1. The Balaban J connectivity index is 1.50. The zero-order valence-corrected chi connectivity index (χ0v) is 20.3. The van der Waals surface area contributed by atoms with Crippen molar-refractivity contribution in [1.29, 1.82) is 0 Å². The van der Waals surface area contributed by atoms with Crippen molar-refractivity contribution in [3.63, 3.8) is 0 Å². The Morgan fingerprint density at radius 1 is 1.40 bits per heavy atom. The fourth-order valence-corrected chi connectivity index (χ4v) is 6.29. The number of nitrogen functional groups attached to an aromatic ring is 2. The number of carbonyl (C=O) groups is 3. The van der Waals surface area contributed by atoms with Crippen molar-refractivity contribution in [2.45, 2.75) is 16.6 Å². The number of amides is 2. The summed E-state index contributed by atoms with van der Waals surface area (Å²) in [6, 6.07) is 0.160. The summed E-state index contributed by atoms with van der Waals surface area (Å²) in [6.07, 6.45) is 0. The summed E-state index contributed by atoms with van der Waals surface area (Å²) < 4.78 is 0. The molecular formula is C18H18N8O6S3. The Labute approximate surface area is 209 Å². The molecule has 35 heavy (non-hydrogen) atoms. The van der Waals surface area contributed by atoms with E-state index in [1.165, 1.54) is 24.3 Å². The zero-order chi connectivity index (χ0) is 25.3. The molecule has 4 heterocycles. The second-order valence-electron chi connectivity index (χ2n) is 7.08. The topological polar surface area (TPSA) is 219 Å². The van der Waals surface area contributed by atoms with E-state index in [1.807, 2.05) is 0 Å². The van der Waals surface area contributed by atoms with E-state index >= 15 is 0 Å². The number of rotatable bonds is 8. The van der Waals surface area contributed by atoms with Gasteiger partial charge in [-0.1, -0.05) is 16.9 Å². The van der Waals surface area contributed by atoms with Gasteiger partial charge in [-0.25, -0.2) is 14.8 Å². The molecule has 2 amide bonds. The molecule has 1 fully saturated rings. The van der Waals surface area contributed by atoms with Crippen LogP contribution in [0.5, 0.6) is 0 Å². The highest BCUT2D eigenvalue weighted by Gasteiger charge is 2.54. The number of aromatic amines is 1. The normalized spacial score (nSPS) is 19.7. The minimum Gasteiger partial charge on any atom is -0.477 e. The van der Waals surface area contributed by atoms with Crippen molar-refractivity contribution >= 4 is 69.3 Å². The predicted molar refractivity (Wildman–Crippen MR) is 130 cm³/mol. The molecular weight excluding hydrogens is 520 g/mol. The highest BCUT2D eigenvalue weighted by atomic mass is 32.2. The van der Waals surface area contributed by atoms with E-state index in [-0.39, 0.29) is 44.7 Å². The average molecular weight is 539 g/mol. The second kappa shape index (κ2) is 9.96. The zero-order valence-electron chi connectivity index (χ0n) is 17.9. The SMILES string of the molecule is CO/N=C(/C(=O)NC1C(=O)N2C(C(=O)O)=C(CSc3nc(N)cc(=O)[nH]3)CS[C@H]12)c1csc(N)n1. The van der Waals surface area contributed by atoms with Crippen LogP contribution in [0.1, 0.15) is 5.69 Å². The van der Waals surface area contributed by atoms with Gasteiger partial charge in [-0.2, -0.15) is 0 Å². The molecule has 17 heteroatoms. The minimum absolute atomic E-state index is 0.0370. The lowest BCUT2D eigenvalue weighted by Gasteiger charge is -2.49. The number of hydrogen-bond acceptors (Lipinski definition) is 13. The fourth-order valence-electron chi connectivity index (χ4n) is 3.37. The highest BCUT2D eigenvalue weighted by molar-refractivity contribution is 8.01. The Kier molecular flexibility index (Phi) is 6.99. The molecule has 4 rings (SSSR count). The third-order valence-corrected chi connectivity index (χ3v) is 7.79. The Hall–Kier alpha value is -3.57. The number of nitrogens with two attached hydrogens (primary N) is 2. The minimum atomic E-state index is -1.28. The van der Waals surface area contributed by atoms with Crippen LogP contribution in [-0.4, -0.2) is 78.5 Å². The van der Waals surface area contributed by atoms with Gasteiger partial charge in [0.05, 0.1) is 0 Å². The van der Waals surface area contributed by atoms with Crippen molar-refractivity contribution in [2.75, 3.05) is 30.1 Å². The third-order valence-electron chi connectivity index (χ3n) is 4.82. The maximum atomic E-state index is 12.9. The number of nitrogens with zero attached hydrogens (tertiary/aromatic N) is 4. The molecule has 1 unspecified atom stereocenters. The van der Waals surface area contributed by atoms with Gasteiger partial charge in [0.2, 0.25) is 0 Å². The van der Waals surface area contributed by atoms with Crippen LogP contribution in [0.25, 0.3) is 0 Å². The molecule has 2 aromatic rings. The van der Waals surface area contributed by atoms with Crippen LogP contribution < -0.4 is 22.3 Å². The number of oxime groups is 1. The first kappa shape index (κ1) is 24.6. The number of anilines is 2. The van der Waals surface area contributed by atoms with E-state index in [1.54, 1.807) is 0 Å². The molecule has 0 aliphatic carbocycles. The van der Waals surface area contributed by atoms with Crippen LogP contribution >= 0.6 is 34.9 Å². The molecule has 7 N–H and O–H groups in total. The average Bonchev–Trinajstić information content (AvgIpc) is 3.23. The van der Waals surface area contributed by atoms with Crippen molar-refractivity contribution < 1.29 is 24.3 Å². The second-order valence-corrected chi connectivity index (χ2v) is 10.0. The van der Waals surface area contributed by atoms with Crippen LogP contribution in [0.15, 0.2) is 37.8 Å². The number of hydrogen-bond donors (Lipinski definition) is 5. The first-order valence-corrected chi connectivity index (χ1v) is 12.6. The number of aliphatic carboxylic acids is 1. The lowest BCUT2D eigenvalue weighted by Crippen LogP contribution is -2.71. The van der Waals surface area contributed by atoms with E-state index in [2.05, 4.69) is 25.4 Å². The lowest BCUT2D eigenvalue weighted by atomic mass is 10.0. The smallest absolute Gasteiger partial charge is 0.352 e. The first-order valence-electron chi connectivity index (χ1n) is 9.72. The van der Waals surface area contributed by atoms with Gasteiger partial charge in [0.25, 0.3) is 17.4 Å². The third kappa shape index (κ3) is 4.96. The Morgan fingerprint density at radius 3 is 2.80 bits per heavy atom. The Morgan fingerprint density at radius 2 is 2.17 bits per heavy atom. The number of H-pyrrole nitrogens is 1. The molecule has 0 saturated carbocycles. The number of carbonyl (C=O) groups excluding carboxylic acids is 2. The Bertz CT molecular complexity index is 1320. The summed E-state index contributed by atoms with van der Waals surface area (Å²) in [4.78, 5) is 65.7. The fraction of sp³-hybridized carbons (Fsp3) is 0.278. The monoisotopic (exact) mass is 538 g/mol. The molecule has 0 spiro atoms. The number of thiazole rings is 1. The molecule has 2 atom stereocenters. The van der Waals surface area contributed by atoms with Crippen molar-refractivity contribution in [1.82, 2.24) is 25.2 Å². The molecule has 1 saturated heterocycles. The maximum Gasteiger partial charge on any atom is 0.352 e. The van der Waals surface area contributed by atoms with Gasteiger partial charge in [-0.15, -0.1) is 23.1 Å². The number of nitrogens with one attached hydrogen (secondary N) is 2. The molecule has 0 bridgehead atoms. The molecule has 0 radical (unpaired) electrons. The van der Waals surface area contributed by atoms with Crippen LogP contribution in [0.2, 0.25) is 0 Å². The summed E-state index contributed by atoms with van der Waals surface area (Å²) >= 11 is 3.50. The molecule has 2 aliphatic rings. The molecule has 184 valence electrons. The van der Waals surface area contributed by atoms with E-state index in [4.69, 9.17) is 16.3 Å². The molecule has 14 nitrogen and oxygen atoms in total. The van der Waals surface area contributed by atoms with Crippen LogP contribution in [0.4, 0.5) is 10.9 Å². The summed E-state index contributed by atoms with van der Waals surface area (Å²) in [5.41, 5.74) is 11.1. The highest BCUT2D eigenvalue weighted by Crippen LogP contribution is 2.41. The van der Waals surface area contributed by atoms with Gasteiger partial charge in [-0.3, -0.25) is 19.3 Å². The van der Waals surface area contributed by atoms with E-state index in [0.29, 0.717) is 5.57 Å². The standard InChI is InChI=1S/C18H18N8O6S3/c1-32-25-10(7-5-34-17(20)21-7)13(28)24-11-14(29)26-12(16(30)31)6(3-33-15(11)26)4-35-18-22-8(19)2-9(27)23-18/h2,5,11,15H,3-4H2,1H3,(H2,20,21)(H,24,28)(H,30,31)(H3,19,22,23,27)/b25-10+/t11?,15-/m1/s1. The van der Waals surface area contributed by atoms with Gasteiger partial charge in [0.1, 0.15) is 35.7 Å². The van der Waals surface area contributed by atoms with Crippen molar-refractivity contribution in [3.05, 3.63) is 38.8 Å². The van der Waals surface area contributed by atoms with E-state index in [9.17, 15) is 24.3 Å². The van der Waals surface area contributed by atoms with Crippen LogP contribution in [0, 0.1) is 0 Å². The summed E-state index contributed by atoms with van der Waals surface area (Å²) in [5.74, 6) is -2.10. The number of carboxylic acids is 1. The summed E-state index contributed by atoms with van der Waals surface area (Å²) in [7, 11) is 1.26. The molecule has 2 aliphatic heterocycles. The number of aromatic nitrogens is 3. The molecule has 0 aromatic carbocycles. The summed E-state index contributed by atoms with van der Waals surface area (Å²) in [6.45, 7) is 0. The molecule has 2 aromatic heterocycles. The van der Waals surface area contributed by atoms with Crippen LogP contribution in [-0.2, 0) is 19.2 Å². The van der Waals surface area contributed by atoms with Gasteiger partial charge < -0.3 is 31.7 Å². The largest absolute Gasteiger partial charge is 0.477 e. The van der Waals surface area contributed by atoms with Crippen molar-refractivity contribution in [2.24, 2.45) is 5.16 Å².